The van der Waals surface area contributed by atoms with Gasteiger partial charge in [0, 0.05) is 18.8 Å². The summed E-state index contributed by atoms with van der Waals surface area (Å²) in [5, 5.41) is 9.78. The Balaban J connectivity index is 1.56. The predicted octanol–water partition coefficient (Wildman–Crippen LogP) is 4.60. The molecule has 6 nitrogen and oxygen atoms in total. The number of likely N-dealkylation sites (tertiary alicyclic amines) is 1. The molecule has 2 heterocycles. The van der Waals surface area contributed by atoms with Crippen LogP contribution in [0.2, 0.25) is 5.02 Å². The molecule has 8 heteroatoms. The first-order valence-corrected chi connectivity index (χ1v) is 11.3. The van der Waals surface area contributed by atoms with Crippen molar-refractivity contribution in [1.82, 2.24) is 4.90 Å². The fourth-order valence-corrected chi connectivity index (χ4v) is 4.90. The van der Waals surface area contributed by atoms with Crippen molar-refractivity contribution >= 4 is 46.2 Å². The first kappa shape index (κ1) is 22.5. The zero-order chi connectivity index (χ0) is 23.0. The van der Waals surface area contributed by atoms with Crippen molar-refractivity contribution in [3.63, 3.8) is 0 Å². The van der Waals surface area contributed by atoms with Gasteiger partial charge in [-0.05, 0) is 88.4 Å². The monoisotopic (exact) mass is 468 g/mol. The molecule has 0 spiro atoms. The molecule has 0 bridgehead atoms. The second-order valence-electron chi connectivity index (χ2n) is 8.71. The van der Waals surface area contributed by atoms with E-state index in [9.17, 15) is 4.79 Å². The average Bonchev–Trinajstić information content (AvgIpc) is 2.94. The normalized spacial score (nSPS) is 19.3. The number of rotatable bonds is 4. The molecule has 2 aliphatic heterocycles. The van der Waals surface area contributed by atoms with Gasteiger partial charge in [-0.25, -0.2) is 0 Å². The second-order valence-corrected chi connectivity index (χ2v) is 9.48. The van der Waals surface area contributed by atoms with Crippen molar-refractivity contribution in [2.75, 3.05) is 29.9 Å². The summed E-state index contributed by atoms with van der Waals surface area (Å²) < 4.78 is 6.15. The number of amides is 1. The summed E-state index contributed by atoms with van der Waals surface area (Å²) in [6.07, 6.45) is 2.25. The number of carbonyl (C=O) groups excluding carboxylic acids is 1. The summed E-state index contributed by atoms with van der Waals surface area (Å²) in [5.41, 5.74) is 0.825. The lowest BCUT2D eigenvalue weighted by molar-refractivity contribution is -0.120. The molecule has 0 saturated carbocycles. The number of nitriles is 1. The van der Waals surface area contributed by atoms with Crippen molar-refractivity contribution in [2.45, 2.75) is 38.3 Å². The first-order chi connectivity index (χ1) is 15.2. The van der Waals surface area contributed by atoms with Crippen molar-refractivity contribution in [3.8, 4) is 11.8 Å². The molecule has 0 aromatic heterocycles. The molecule has 0 unspecified atom stereocenters. The molecule has 4 rings (SSSR count). The maximum absolute atomic E-state index is 13.3. The molecule has 0 N–H and O–H groups in total. The van der Waals surface area contributed by atoms with E-state index < -0.39 is 5.54 Å². The molecule has 1 amide bonds. The average molecular weight is 469 g/mol. The maximum atomic E-state index is 13.3. The van der Waals surface area contributed by atoms with Gasteiger partial charge in [0.25, 0.3) is 5.91 Å². The van der Waals surface area contributed by atoms with Gasteiger partial charge < -0.3 is 14.5 Å². The van der Waals surface area contributed by atoms with Gasteiger partial charge in [0.15, 0.2) is 5.11 Å². The third-order valence-corrected chi connectivity index (χ3v) is 6.74. The van der Waals surface area contributed by atoms with Gasteiger partial charge in [0.1, 0.15) is 23.5 Å². The van der Waals surface area contributed by atoms with Crippen LogP contribution in [0.15, 0.2) is 42.5 Å². The number of halogens is 1. The molecule has 2 aromatic carbocycles. The molecule has 166 valence electrons. The minimum absolute atomic E-state index is 0.157. The van der Waals surface area contributed by atoms with E-state index in [1.807, 2.05) is 49.1 Å². The topological polar surface area (TPSA) is 59.8 Å². The Hall–Kier alpha value is -2.66. The molecular formula is C24H25ClN4O2S. The van der Waals surface area contributed by atoms with E-state index in [1.54, 1.807) is 18.2 Å². The minimum Gasteiger partial charge on any atom is -0.490 e. The van der Waals surface area contributed by atoms with E-state index in [1.165, 1.54) is 4.90 Å². The van der Waals surface area contributed by atoms with Gasteiger partial charge in [0.05, 0.1) is 16.3 Å². The van der Waals surface area contributed by atoms with Crippen LogP contribution in [0.1, 0.15) is 32.3 Å². The summed E-state index contributed by atoms with van der Waals surface area (Å²) in [4.78, 5) is 18.9. The van der Waals surface area contributed by atoms with Gasteiger partial charge in [-0.2, -0.15) is 5.26 Å². The molecule has 32 heavy (non-hydrogen) atoms. The van der Waals surface area contributed by atoms with Crippen LogP contribution in [0.25, 0.3) is 0 Å². The lowest BCUT2D eigenvalue weighted by Gasteiger charge is -2.31. The summed E-state index contributed by atoms with van der Waals surface area (Å²) in [5.74, 6) is 0.656. The molecule has 0 radical (unpaired) electrons. The molecule has 0 atom stereocenters. The van der Waals surface area contributed by atoms with Gasteiger partial charge in [0.2, 0.25) is 0 Å². The SMILES string of the molecule is CN1CCC(Oc2ccc(N3C(=S)N(c4ccc(C#N)c(Cl)c4)C(=O)C3(C)C)cc2)CC1. The highest BCUT2D eigenvalue weighted by molar-refractivity contribution is 7.81. The molecule has 2 fully saturated rings. The fourth-order valence-electron chi connectivity index (χ4n) is 4.16. The number of benzene rings is 2. The lowest BCUT2D eigenvalue weighted by Crippen LogP contribution is -2.44. The predicted molar refractivity (Wildman–Crippen MR) is 130 cm³/mol. The number of piperidine rings is 1. The maximum Gasteiger partial charge on any atom is 0.259 e. The summed E-state index contributed by atoms with van der Waals surface area (Å²) in [6, 6.07) is 14.6. The van der Waals surface area contributed by atoms with Crippen LogP contribution in [0.4, 0.5) is 11.4 Å². The molecular weight excluding hydrogens is 444 g/mol. The number of hydrogen-bond acceptors (Lipinski definition) is 5. The fraction of sp³-hybridized carbons (Fsp3) is 0.375. The van der Waals surface area contributed by atoms with Crippen LogP contribution < -0.4 is 14.5 Å². The molecule has 2 aliphatic rings. The van der Waals surface area contributed by atoms with E-state index in [4.69, 9.17) is 33.8 Å². The number of thiocarbonyl (C=S) groups is 1. The van der Waals surface area contributed by atoms with E-state index in [-0.39, 0.29) is 17.0 Å². The Morgan fingerprint density at radius 3 is 2.34 bits per heavy atom. The van der Waals surface area contributed by atoms with Crippen LogP contribution in [0, 0.1) is 11.3 Å². The number of ether oxygens (including phenoxy) is 1. The third-order valence-electron chi connectivity index (χ3n) is 6.06. The lowest BCUT2D eigenvalue weighted by atomic mass is 10.0. The zero-order valence-corrected chi connectivity index (χ0v) is 19.9. The quantitative estimate of drug-likeness (QED) is 0.611. The Labute approximate surface area is 198 Å². The van der Waals surface area contributed by atoms with Gasteiger partial charge in [-0.3, -0.25) is 9.69 Å². The van der Waals surface area contributed by atoms with Gasteiger partial charge in [-0.15, -0.1) is 0 Å². The van der Waals surface area contributed by atoms with Crippen molar-refractivity contribution < 1.29 is 9.53 Å². The Kier molecular flexibility index (Phi) is 6.13. The van der Waals surface area contributed by atoms with E-state index in [0.717, 1.165) is 37.4 Å². The van der Waals surface area contributed by atoms with Crippen LogP contribution >= 0.6 is 23.8 Å². The molecule has 2 saturated heterocycles. The number of carbonyl (C=O) groups is 1. The van der Waals surface area contributed by atoms with Gasteiger partial charge >= 0.3 is 0 Å². The Morgan fingerprint density at radius 1 is 1.12 bits per heavy atom. The minimum atomic E-state index is -0.881. The van der Waals surface area contributed by atoms with Crippen molar-refractivity contribution in [2.24, 2.45) is 0 Å². The largest absolute Gasteiger partial charge is 0.490 e. The Morgan fingerprint density at radius 2 is 1.75 bits per heavy atom. The highest BCUT2D eigenvalue weighted by Gasteiger charge is 2.50. The Bertz CT molecular complexity index is 1090. The van der Waals surface area contributed by atoms with Gasteiger partial charge in [-0.1, -0.05) is 11.6 Å². The first-order valence-electron chi connectivity index (χ1n) is 10.6. The smallest absolute Gasteiger partial charge is 0.259 e. The van der Waals surface area contributed by atoms with E-state index in [0.29, 0.717) is 16.4 Å². The van der Waals surface area contributed by atoms with Crippen LogP contribution in [0.3, 0.4) is 0 Å². The summed E-state index contributed by atoms with van der Waals surface area (Å²) in [6.45, 7) is 5.76. The van der Waals surface area contributed by atoms with Crippen LogP contribution in [-0.2, 0) is 4.79 Å². The summed E-state index contributed by atoms with van der Waals surface area (Å²) >= 11 is 11.9. The number of hydrogen-bond donors (Lipinski definition) is 0. The number of anilines is 2. The van der Waals surface area contributed by atoms with Crippen LogP contribution in [-0.4, -0.2) is 47.7 Å². The van der Waals surface area contributed by atoms with Crippen molar-refractivity contribution in [3.05, 3.63) is 53.1 Å². The number of nitrogens with zero attached hydrogens (tertiary/aromatic N) is 4. The highest BCUT2D eigenvalue weighted by Crippen LogP contribution is 2.38. The third kappa shape index (κ3) is 4.06. The summed E-state index contributed by atoms with van der Waals surface area (Å²) in [7, 11) is 2.13. The van der Waals surface area contributed by atoms with E-state index >= 15 is 0 Å². The van der Waals surface area contributed by atoms with Crippen molar-refractivity contribution in [1.29, 1.82) is 5.26 Å². The zero-order valence-electron chi connectivity index (χ0n) is 18.3. The standard InChI is InChI=1S/C24H25ClN4O2S/c1-24(2)22(30)28(18-5-4-16(15-26)21(25)14-18)23(32)29(24)17-6-8-19(9-7-17)31-20-10-12-27(3)13-11-20/h4-9,14,20H,10-13H2,1-3H3. The second kappa shape index (κ2) is 8.70. The van der Waals surface area contributed by atoms with Crippen LogP contribution in [0.5, 0.6) is 5.75 Å². The molecule has 2 aromatic rings. The highest BCUT2D eigenvalue weighted by atomic mass is 35.5. The van der Waals surface area contributed by atoms with E-state index in [2.05, 4.69) is 11.9 Å². The molecule has 0 aliphatic carbocycles.